The van der Waals surface area contributed by atoms with Crippen molar-refractivity contribution in [3.8, 4) is 5.75 Å². The number of thioether (sulfide) groups is 1. The summed E-state index contributed by atoms with van der Waals surface area (Å²) in [6.45, 7) is 7.18. The molecule has 0 bridgehead atoms. The quantitative estimate of drug-likeness (QED) is 0.331. The summed E-state index contributed by atoms with van der Waals surface area (Å²) < 4.78 is 5.73. The van der Waals surface area contributed by atoms with Gasteiger partial charge in [0.25, 0.3) is 0 Å². The molecule has 0 atom stereocenters. The summed E-state index contributed by atoms with van der Waals surface area (Å²) in [5.41, 5.74) is 4.97. The van der Waals surface area contributed by atoms with Gasteiger partial charge in [-0.05, 0) is 86.9 Å². The van der Waals surface area contributed by atoms with Gasteiger partial charge in [-0.15, -0.1) is 11.8 Å². The first-order valence-electron chi connectivity index (χ1n) is 8.93. The van der Waals surface area contributed by atoms with Crippen LogP contribution in [0.2, 0.25) is 5.02 Å². The van der Waals surface area contributed by atoms with Crippen LogP contribution in [0.15, 0.2) is 47.5 Å². The Kier molecular flexibility index (Phi) is 6.44. The molecule has 2 aromatic carbocycles. The highest BCUT2D eigenvalue weighted by atomic mass is 35.5. The largest absolute Gasteiger partial charge is 0.494 e. The van der Waals surface area contributed by atoms with Crippen molar-refractivity contribution in [3.05, 3.63) is 64.2 Å². The van der Waals surface area contributed by atoms with Gasteiger partial charge < -0.3 is 4.74 Å². The third kappa shape index (κ3) is 4.93. The van der Waals surface area contributed by atoms with Crippen LogP contribution in [0, 0.1) is 20.8 Å². The van der Waals surface area contributed by atoms with Crippen LogP contribution < -0.4 is 4.74 Å². The van der Waals surface area contributed by atoms with Crippen LogP contribution in [0.4, 0.5) is 0 Å². The predicted molar refractivity (Wildman–Crippen MR) is 113 cm³/mol. The molecular formula is C22H24ClNOS. The van der Waals surface area contributed by atoms with Crippen molar-refractivity contribution in [2.24, 2.45) is 0 Å². The molecule has 4 heteroatoms. The molecule has 0 spiro atoms. The predicted octanol–water partition coefficient (Wildman–Crippen LogP) is 6.76. The summed E-state index contributed by atoms with van der Waals surface area (Å²) in [7, 11) is 0. The Balaban J connectivity index is 1.49. The van der Waals surface area contributed by atoms with Crippen molar-refractivity contribution in [2.75, 3.05) is 12.4 Å². The van der Waals surface area contributed by atoms with E-state index in [0.29, 0.717) is 0 Å². The molecule has 0 N–H and O–H groups in total. The lowest BCUT2D eigenvalue weighted by molar-refractivity contribution is 0.310. The van der Waals surface area contributed by atoms with Crippen molar-refractivity contribution in [1.82, 2.24) is 4.98 Å². The average Bonchev–Trinajstić information content (AvgIpc) is 2.60. The molecule has 0 radical (unpaired) electrons. The molecule has 3 rings (SSSR count). The second kappa shape index (κ2) is 8.79. The monoisotopic (exact) mass is 385 g/mol. The van der Waals surface area contributed by atoms with Gasteiger partial charge in [0, 0.05) is 10.4 Å². The first kappa shape index (κ1) is 19.1. The Hall–Kier alpha value is -1.71. The number of benzene rings is 2. The van der Waals surface area contributed by atoms with Crippen molar-refractivity contribution in [2.45, 2.75) is 38.6 Å². The van der Waals surface area contributed by atoms with Gasteiger partial charge in [0.15, 0.2) is 0 Å². The number of aromatic nitrogens is 1. The van der Waals surface area contributed by atoms with E-state index in [4.69, 9.17) is 21.3 Å². The van der Waals surface area contributed by atoms with Gasteiger partial charge in [0.05, 0.1) is 17.1 Å². The number of aryl methyl sites for hydroxylation is 3. The fraction of sp³-hybridized carbons (Fsp3) is 0.318. The Labute approximate surface area is 164 Å². The maximum atomic E-state index is 5.87. The van der Waals surface area contributed by atoms with Crippen LogP contribution in [0.1, 0.15) is 29.5 Å². The zero-order chi connectivity index (χ0) is 18.5. The zero-order valence-corrected chi connectivity index (χ0v) is 17.1. The molecule has 1 heterocycles. The summed E-state index contributed by atoms with van der Waals surface area (Å²) in [5.74, 6) is 1.92. The molecule has 3 aromatic rings. The molecule has 2 nitrogen and oxygen atoms in total. The maximum absolute atomic E-state index is 5.87. The van der Waals surface area contributed by atoms with E-state index in [-0.39, 0.29) is 0 Å². The van der Waals surface area contributed by atoms with Gasteiger partial charge in [0.1, 0.15) is 5.75 Å². The third-order valence-electron chi connectivity index (χ3n) is 4.30. The smallest absolute Gasteiger partial charge is 0.119 e. The standard InChI is InChI=1S/C22H24ClNOS/c1-15-12-17(3)22-20(13-15)16(2)14-21(24-22)26-11-5-4-10-25-19-8-6-18(23)7-9-19/h6-9,12-14H,4-5,10-11H2,1-3H3. The lowest BCUT2D eigenvalue weighted by Crippen LogP contribution is -1.98. The summed E-state index contributed by atoms with van der Waals surface area (Å²) in [4.78, 5) is 4.87. The Morgan fingerprint density at radius 2 is 1.73 bits per heavy atom. The van der Waals surface area contributed by atoms with Crippen molar-refractivity contribution in [1.29, 1.82) is 0 Å². The fourth-order valence-corrected chi connectivity index (χ4v) is 4.09. The highest BCUT2D eigenvalue weighted by Gasteiger charge is 2.07. The van der Waals surface area contributed by atoms with E-state index >= 15 is 0 Å². The molecule has 0 unspecified atom stereocenters. The number of halogens is 1. The minimum absolute atomic E-state index is 0.727. The van der Waals surface area contributed by atoms with Crippen molar-refractivity contribution < 1.29 is 4.74 Å². The lowest BCUT2D eigenvalue weighted by atomic mass is 10.0. The molecule has 0 aliphatic rings. The summed E-state index contributed by atoms with van der Waals surface area (Å²) in [6, 6.07) is 14.2. The summed E-state index contributed by atoms with van der Waals surface area (Å²) >= 11 is 7.70. The molecule has 26 heavy (non-hydrogen) atoms. The molecular weight excluding hydrogens is 362 g/mol. The van der Waals surface area contributed by atoms with Gasteiger partial charge >= 0.3 is 0 Å². The van der Waals surface area contributed by atoms with Gasteiger partial charge in [-0.3, -0.25) is 0 Å². The van der Waals surface area contributed by atoms with E-state index < -0.39 is 0 Å². The van der Waals surface area contributed by atoms with E-state index in [2.05, 4.69) is 39.0 Å². The number of hydrogen-bond acceptors (Lipinski definition) is 3. The molecule has 0 aliphatic carbocycles. The minimum atomic E-state index is 0.727. The van der Waals surface area contributed by atoms with Gasteiger partial charge in [-0.2, -0.15) is 0 Å². The van der Waals surface area contributed by atoms with Crippen molar-refractivity contribution >= 4 is 34.3 Å². The number of rotatable bonds is 7. The van der Waals surface area contributed by atoms with Crippen LogP contribution in [0.5, 0.6) is 5.75 Å². The molecule has 0 amide bonds. The van der Waals surface area contributed by atoms with Crippen LogP contribution in [-0.4, -0.2) is 17.3 Å². The zero-order valence-electron chi connectivity index (χ0n) is 15.5. The first-order chi connectivity index (χ1) is 12.5. The molecule has 0 aliphatic heterocycles. The second-order valence-corrected chi connectivity index (χ2v) is 8.16. The normalized spacial score (nSPS) is 11.1. The van der Waals surface area contributed by atoms with E-state index in [9.17, 15) is 0 Å². The highest BCUT2D eigenvalue weighted by Crippen LogP contribution is 2.27. The van der Waals surface area contributed by atoms with E-state index in [1.54, 1.807) is 0 Å². The van der Waals surface area contributed by atoms with E-state index in [1.165, 1.54) is 22.1 Å². The Morgan fingerprint density at radius 3 is 2.50 bits per heavy atom. The molecule has 1 aromatic heterocycles. The fourth-order valence-electron chi connectivity index (χ4n) is 2.99. The molecule has 136 valence electrons. The van der Waals surface area contributed by atoms with E-state index in [0.717, 1.165) is 46.5 Å². The summed E-state index contributed by atoms with van der Waals surface area (Å²) in [6.07, 6.45) is 2.13. The summed E-state index contributed by atoms with van der Waals surface area (Å²) in [5, 5.41) is 3.11. The van der Waals surface area contributed by atoms with Crippen LogP contribution in [-0.2, 0) is 0 Å². The van der Waals surface area contributed by atoms with Crippen LogP contribution in [0.3, 0.4) is 0 Å². The number of nitrogens with zero attached hydrogens (tertiary/aromatic N) is 1. The number of pyridine rings is 1. The SMILES string of the molecule is Cc1cc(C)c2nc(SCCCCOc3ccc(Cl)cc3)cc(C)c2c1. The lowest BCUT2D eigenvalue weighted by Gasteiger charge is -2.10. The first-order valence-corrected chi connectivity index (χ1v) is 10.3. The molecule has 0 fully saturated rings. The Bertz CT molecular complexity index is 893. The highest BCUT2D eigenvalue weighted by molar-refractivity contribution is 7.99. The van der Waals surface area contributed by atoms with Crippen molar-refractivity contribution in [3.63, 3.8) is 0 Å². The second-order valence-electron chi connectivity index (χ2n) is 6.61. The van der Waals surface area contributed by atoms with Gasteiger partial charge in [-0.25, -0.2) is 4.98 Å². The average molecular weight is 386 g/mol. The number of ether oxygens (including phenoxy) is 1. The number of unbranched alkanes of at least 4 members (excludes halogenated alkanes) is 1. The van der Waals surface area contributed by atoms with E-state index in [1.807, 2.05) is 36.0 Å². The topological polar surface area (TPSA) is 22.1 Å². The van der Waals surface area contributed by atoms with Gasteiger partial charge in [0.2, 0.25) is 0 Å². The minimum Gasteiger partial charge on any atom is -0.494 e. The van der Waals surface area contributed by atoms with Gasteiger partial charge in [-0.1, -0.05) is 23.2 Å². The Morgan fingerprint density at radius 1 is 0.962 bits per heavy atom. The number of hydrogen-bond donors (Lipinski definition) is 0. The molecule has 0 saturated heterocycles. The third-order valence-corrected chi connectivity index (χ3v) is 5.55. The maximum Gasteiger partial charge on any atom is 0.119 e. The van der Waals surface area contributed by atoms with Crippen LogP contribution in [0.25, 0.3) is 10.9 Å². The number of fused-ring (bicyclic) bond motifs is 1. The molecule has 0 saturated carbocycles. The van der Waals surface area contributed by atoms with Crippen LogP contribution >= 0.6 is 23.4 Å².